The molecule has 0 amide bonds. The lowest BCUT2D eigenvalue weighted by Gasteiger charge is -2.07. The molecule has 0 aliphatic rings. The summed E-state index contributed by atoms with van der Waals surface area (Å²) in [6.45, 7) is 1.22. The Morgan fingerprint density at radius 1 is 1.75 bits per heavy atom. The number of aryl methyl sites for hydroxylation is 1. The number of carbonyl (C=O) groups is 1. The Balaban J connectivity index is 3.13. The van der Waals surface area contributed by atoms with Crippen LogP contribution >= 0.6 is 0 Å². The highest BCUT2D eigenvalue weighted by Crippen LogP contribution is 2.30. The van der Waals surface area contributed by atoms with Crippen LogP contribution in [0, 0.1) is 6.92 Å². The highest BCUT2D eigenvalue weighted by molar-refractivity contribution is 5.77. The van der Waals surface area contributed by atoms with Crippen LogP contribution in [-0.2, 0) is 10.7 Å². The molecule has 1 heterocycles. The second-order valence-electron chi connectivity index (χ2n) is 2.18. The summed E-state index contributed by atoms with van der Waals surface area (Å²) in [6, 6.07) is 0. The number of hydrogen-bond donors (Lipinski definition) is 1. The fraction of sp³-hybridized carbons (Fsp3) is 0.333. The molecule has 66 valence electrons. The monoisotopic (exact) mass is 177 g/mol. The minimum Gasteiger partial charge on any atom is -0.477 e. The smallest absolute Gasteiger partial charge is 0.379 e. The lowest BCUT2D eigenvalue weighted by Crippen LogP contribution is -2.25. The van der Waals surface area contributed by atoms with Gasteiger partial charge in [-0.3, -0.25) is 0 Å². The fourth-order valence-corrected chi connectivity index (χ4v) is 0.716. The van der Waals surface area contributed by atoms with Gasteiger partial charge in [-0.2, -0.15) is 8.78 Å². The Labute approximate surface area is 65.8 Å². The molecule has 0 fully saturated rings. The average Bonchev–Trinajstić information content (AvgIpc) is 2.35. The highest BCUT2D eigenvalue weighted by Gasteiger charge is 2.44. The predicted octanol–water partition coefficient (Wildman–Crippen LogP) is 1.16. The molecule has 0 atom stereocenters. The van der Waals surface area contributed by atoms with Crippen molar-refractivity contribution >= 4 is 5.97 Å². The molecule has 0 aliphatic carbocycles. The summed E-state index contributed by atoms with van der Waals surface area (Å²) in [5, 5.41) is 11.2. The SMILES string of the molecule is Cc1oncc1C(F)(F)C(=O)O. The van der Waals surface area contributed by atoms with E-state index in [1.54, 1.807) is 0 Å². The summed E-state index contributed by atoms with van der Waals surface area (Å²) in [4.78, 5) is 10.1. The molecule has 0 aliphatic heterocycles. The van der Waals surface area contributed by atoms with Gasteiger partial charge in [-0.15, -0.1) is 0 Å². The van der Waals surface area contributed by atoms with Crippen molar-refractivity contribution in [2.75, 3.05) is 0 Å². The molecular formula is C6H5F2NO3. The van der Waals surface area contributed by atoms with E-state index in [1.165, 1.54) is 6.92 Å². The maximum Gasteiger partial charge on any atom is 0.379 e. The standard InChI is InChI=1S/C6H5F2NO3/c1-3-4(2-9-12-3)6(7,8)5(10)11/h2H,1H3,(H,10,11). The number of hydrogen-bond acceptors (Lipinski definition) is 3. The van der Waals surface area contributed by atoms with Crippen molar-refractivity contribution < 1.29 is 23.2 Å². The highest BCUT2D eigenvalue weighted by atomic mass is 19.3. The van der Waals surface area contributed by atoms with Gasteiger partial charge in [-0.25, -0.2) is 4.79 Å². The Morgan fingerprint density at radius 2 is 2.33 bits per heavy atom. The Hall–Kier alpha value is -1.46. The van der Waals surface area contributed by atoms with Gasteiger partial charge in [0.1, 0.15) is 5.76 Å². The van der Waals surface area contributed by atoms with Crippen molar-refractivity contribution in [3.05, 3.63) is 17.5 Å². The van der Waals surface area contributed by atoms with Gasteiger partial charge in [0.2, 0.25) is 0 Å². The van der Waals surface area contributed by atoms with E-state index < -0.39 is 17.5 Å². The minimum absolute atomic E-state index is 0.192. The van der Waals surface area contributed by atoms with Crippen LogP contribution in [-0.4, -0.2) is 16.2 Å². The number of halogens is 2. The van der Waals surface area contributed by atoms with E-state index >= 15 is 0 Å². The number of carboxylic acid groups (broad SMARTS) is 1. The first kappa shape index (κ1) is 8.63. The molecule has 1 N–H and O–H groups in total. The van der Waals surface area contributed by atoms with Crippen molar-refractivity contribution in [3.63, 3.8) is 0 Å². The number of rotatable bonds is 2. The third-order valence-electron chi connectivity index (χ3n) is 1.36. The molecule has 1 aromatic rings. The van der Waals surface area contributed by atoms with Gasteiger partial charge in [0.15, 0.2) is 0 Å². The van der Waals surface area contributed by atoms with Gasteiger partial charge >= 0.3 is 11.9 Å². The normalized spacial score (nSPS) is 11.6. The molecule has 0 aromatic carbocycles. The zero-order valence-corrected chi connectivity index (χ0v) is 6.04. The molecule has 12 heavy (non-hydrogen) atoms. The number of alkyl halides is 2. The summed E-state index contributed by atoms with van der Waals surface area (Å²) in [7, 11) is 0. The molecule has 0 unspecified atom stereocenters. The van der Waals surface area contributed by atoms with Crippen LogP contribution in [0.4, 0.5) is 8.78 Å². The number of aromatic nitrogens is 1. The molecule has 0 saturated carbocycles. The van der Waals surface area contributed by atoms with Crippen LogP contribution in [0.25, 0.3) is 0 Å². The van der Waals surface area contributed by atoms with E-state index in [0.717, 1.165) is 0 Å². The van der Waals surface area contributed by atoms with Gasteiger partial charge in [0.25, 0.3) is 0 Å². The van der Waals surface area contributed by atoms with Gasteiger partial charge in [0.05, 0.1) is 11.8 Å². The molecule has 6 heteroatoms. The van der Waals surface area contributed by atoms with Gasteiger partial charge in [-0.05, 0) is 6.92 Å². The molecule has 0 radical (unpaired) electrons. The lowest BCUT2D eigenvalue weighted by molar-refractivity contribution is -0.166. The van der Waals surface area contributed by atoms with Crippen LogP contribution in [0.15, 0.2) is 10.7 Å². The number of aliphatic carboxylic acids is 1. The predicted molar refractivity (Wildman–Crippen MR) is 32.8 cm³/mol. The minimum atomic E-state index is -3.93. The van der Waals surface area contributed by atoms with Crippen molar-refractivity contribution in [3.8, 4) is 0 Å². The molecular weight excluding hydrogens is 172 g/mol. The molecule has 1 aromatic heterocycles. The second-order valence-corrected chi connectivity index (χ2v) is 2.18. The molecule has 1 rings (SSSR count). The summed E-state index contributed by atoms with van der Waals surface area (Å²) in [5.74, 6) is -6.33. The topological polar surface area (TPSA) is 63.3 Å². The van der Waals surface area contributed by atoms with E-state index in [9.17, 15) is 13.6 Å². The van der Waals surface area contributed by atoms with E-state index in [0.29, 0.717) is 6.20 Å². The van der Waals surface area contributed by atoms with Crippen LogP contribution in [0.3, 0.4) is 0 Å². The average molecular weight is 177 g/mol. The zero-order valence-electron chi connectivity index (χ0n) is 6.04. The third kappa shape index (κ3) is 1.15. The van der Waals surface area contributed by atoms with Gasteiger partial charge in [-0.1, -0.05) is 5.16 Å². The van der Waals surface area contributed by atoms with Crippen LogP contribution in [0.5, 0.6) is 0 Å². The summed E-state index contributed by atoms with van der Waals surface area (Å²) < 4.78 is 29.7. The van der Waals surface area contributed by atoms with Gasteiger partial charge in [0, 0.05) is 0 Å². The maximum atomic E-state index is 12.7. The quantitative estimate of drug-likeness (QED) is 0.736. The van der Waals surface area contributed by atoms with Crippen LogP contribution < -0.4 is 0 Å². The molecule has 0 bridgehead atoms. The number of carboxylic acids is 1. The summed E-state index contributed by atoms with van der Waals surface area (Å²) in [5.41, 5.74) is -0.713. The first-order chi connectivity index (χ1) is 5.46. The Morgan fingerprint density at radius 3 is 2.67 bits per heavy atom. The van der Waals surface area contributed by atoms with E-state index in [4.69, 9.17) is 5.11 Å². The van der Waals surface area contributed by atoms with Gasteiger partial charge < -0.3 is 9.63 Å². The Bertz CT molecular complexity index is 307. The maximum absolute atomic E-state index is 12.7. The lowest BCUT2D eigenvalue weighted by atomic mass is 10.1. The summed E-state index contributed by atoms with van der Waals surface area (Å²) in [6.07, 6.45) is 0.698. The van der Waals surface area contributed by atoms with Crippen molar-refractivity contribution in [1.82, 2.24) is 5.16 Å². The van der Waals surface area contributed by atoms with Crippen molar-refractivity contribution in [2.24, 2.45) is 0 Å². The van der Waals surface area contributed by atoms with Crippen LogP contribution in [0.2, 0.25) is 0 Å². The fourth-order valence-electron chi connectivity index (χ4n) is 0.716. The van der Waals surface area contributed by atoms with Crippen molar-refractivity contribution in [2.45, 2.75) is 12.8 Å². The number of nitrogens with zero attached hydrogens (tertiary/aromatic N) is 1. The first-order valence-electron chi connectivity index (χ1n) is 2.99. The van der Waals surface area contributed by atoms with Crippen molar-refractivity contribution in [1.29, 1.82) is 0 Å². The van der Waals surface area contributed by atoms with E-state index in [1.807, 2.05) is 0 Å². The Kier molecular flexibility index (Phi) is 1.83. The van der Waals surface area contributed by atoms with E-state index in [-0.39, 0.29) is 5.76 Å². The second kappa shape index (κ2) is 2.54. The third-order valence-corrected chi connectivity index (χ3v) is 1.36. The van der Waals surface area contributed by atoms with E-state index in [2.05, 4.69) is 9.68 Å². The first-order valence-corrected chi connectivity index (χ1v) is 2.99. The molecule has 0 saturated heterocycles. The largest absolute Gasteiger partial charge is 0.477 e. The summed E-state index contributed by atoms with van der Waals surface area (Å²) >= 11 is 0. The van der Waals surface area contributed by atoms with Crippen LogP contribution in [0.1, 0.15) is 11.3 Å². The molecule has 4 nitrogen and oxygen atoms in total. The molecule has 0 spiro atoms. The zero-order chi connectivity index (χ0) is 9.35.